The van der Waals surface area contributed by atoms with Crippen molar-refractivity contribution in [2.75, 3.05) is 0 Å². The second kappa shape index (κ2) is 9.13. The highest BCUT2D eigenvalue weighted by atomic mass is 79.9. The fourth-order valence-electron chi connectivity index (χ4n) is 2.63. The molecule has 0 heterocycles. The number of non-ortho nitro benzene ring substituents is 1. The second-order valence-electron chi connectivity index (χ2n) is 6.05. The van der Waals surface area contributed by atoms with Gasteiger partial charge < -0.3 is 4.74 Å². The summed E-state index contributed by atoms with van der Waals surface area (Å²) in [6.07, 6.45) is 1.63. The first-order chi connectivity index (χ1) is 14.0. The summed E-state index contributed by atoms with van der Waals surface area (Å²) < 4.78 is 20.0. The molecule has 5 nitrogen and oxygen atoms in total. The van der Waals surface area contributed by atoms with E-state index in [1.54, 1.807) is 48.5 Å². The van der Waals surface area contributed by atoms with E-state index < -0.39 is 4.92 Å². The zero-order chi connectivity index (χ0) is 20.8. The molecule has 0 aliphatic heterocycles. The third-order valence-corrected chi connectivity index (χ3v) is 4.72. The monoisotopic (exact) mass is 452 g/mol. The summed E-state index contributed by atoms with van der Waals surface area (Å²) in [6, 6.07) is 19.6. The Kier molecular flexibility index (Phi) is 6.37. The van der Waals surface area contributed by atoms with Gasteiger partial charge in [0.2, 0.25) is 0 Å². The summed E-state index contributed by atoms with van der Waals surface area (Å²) in [7, 11) is 0. The largest absolute Gasteiger partial charge is 0.488 e. The van der Waals surface area contributed by atoms with Crippen LogP contribution in [0.1, 0.15) is 16.7 Å². The third-order valence-electron chi connectivity index (χ3n) is 4.10. The Balaban J connectivity index is 1.81. The summed E-state index contributed by atoms with van der Waals surface area (Å²) in [5.41, 5.74) is 1.82. The fourth-order valence-corrected chi connectivity index (χ4v) is 3.14. The van der Waals surface area contributed by atoms with E-state index in [0.29, 0.717) is 32.5 Å². The van der Waals surface area contributed by atoms with Crippen molar-refractivity contribution in [1.29, 1.82) is 5.26 Å². The van der Waals surface area contributed by atoms with Crippen molar-refractivity contribution in [3.63, 3.8) is 0 Å². The molecule has 0 amide bonds. The van der Waals surface area contributed by atoms with Crippen LogP contribution in [0.15, 0.2) is 71.2 Å². The van der Waals surface area contributed by atoms with E-state index in [-0.39, 0.29) is 18.1 Å². The fraction of sp³-hybridized carbons (Fsp3) is 0.0455. The molecule has 0 spiro atoms. The Morgan fingerprint density at radius 1 is 1.17 bits per heavy atom. The van der Waals surface area contributed by atoms with Crippen LogP contribution in [0.4, 0.5) is 10.1 Å². The SMILES string of the molecule is N#C/C(=C\c1ccc(OCc2ccccc2F)c(Br)c1)c1cccc([N+](=O)[O-])c1. The van der Waals surface area contributed by atoms with Gasteiger partial charge >= 0.3 is 0 Å². The summed E-state index contributed by atoms with van der Waals surface area (Å²) in [4.78, 5) is 10.4. The Labute approximate surface area is 175 Å². The molecule has 0 N–H and O–H groups in total. The zero-order valence-corrected chi connectivity index (χ0v) is 16.6. The van der Waals surface area contributed by atoms with Gasteiger partial charge in [-0.3, -0.25) is 10.1 Å². The number of rotatable bonds is 6. The molecular weight excluding hydrogens is 439 g/mol. The third kappa shape index (κ3) is 5.06. The summed E-state index contributed by atoms with van der Waals surface area (Å²) in [6.45, 7) is 0.0809. The standard InChI is InChI=1S/C22H14BrFN2O3/c23-20-11-15(8-9-22(20)29-14-17-4-1-2-7-21(17)24)10-18(13-25)16-5-3-6-19(12-16)26(27)28/h1-12H,14H2/b18-10+. The molecule has 3 aromatic rings. The van der Waals surface area contributed by atoms with E-state index in [1.165, 1.54) is 24.3 Å². The highest BCUT2D eigenvalue weighted by Gasteiger charge is 2.10. The van der Waals surface area contributed by atoms with E-state index in [9.17, 15) is 19.8 Å². The normalized spacial score (nSPS) is 11.0. The molecule has 0 atom stereocenters. The van der Waals surface area contributed by atoms with Gasteiger partial charge in [-0.15, -0.1) is 0 Å². The first kappa shape index (κ1) is 20.2. The molecule has 29 heavy (non-hydrogen) atoms. The van der Waals surface area contributed by atoms with Gasteiger partial charge in [0.25, 0.3) is 5.69 Å². The van der Waals surface area contributed by atoms with Gasteiger partial charge in [-0.25, -0.2) is 4.39 Å². The summed E-state index contributed by atoms with van der Waals surface area (Å²) in [5.74, 6) is 0.193. The van der Waals surface area contributed by atoms with Crippen molar-refractivity contribution < 1.29 is 14.1 Å². The lowest BCUT2D eigenvalue weighted by atomic mass is 10.0. The van der Waals surface area contributed by atoms with Crippen molar-refractivity contribution >= 4 is 33.3 Å². The van der Waals surface area contributed by atoms with Gasteiger partial charge in [0.15, 0.2) is 0 Å². The van der Waals surface area contributed by atoms with Gasteiger partial charge in [-0.05, 0) is 51.3 Å². The highest BCUT2D eigenvalue weighted by molar-refractivity contribution is 9.10. The number of hydrogen-bond donors (Lipinski definition) is 0. The van der Waals surface area contributed by atoms with E-state index >= 15 is 0 Å². The van der Waals surface area contributed by atoms with Crippen molar-refractivity contribution in [2.24, 2.45) is 0 Å². The molecule has 0 unspecified atom stereocenters. The average Bonchev–Trinajstić information content (AvgIpc) is 2.72. The molecular formula is C22H14BrFN2O3. The van der Waals surface area contributed by atoms with Crippen LogP contribution in [-0.2, 0) is 6.61 Å². The number of ether oxygens (including phenoxy) is 1. The Hall–Kier alpha value is -3.50. The van der Waals surface area contributed by atoms with Gasteiger partial charge in [-0.1, -0.05) is 36.4 Å². The molecule has 3 rings (SSSR count). The molecule has 144 valence electrons. The molecule has 0 bridgehead atoms. The zero-order valence-electron chi connectivity index (χ0n) is 15.0. The topological polar surface area (TPSA) is 76.2 Å². The van der Waals surface area contributed by atoms with Gasteiger partial charge in [0.05, 0.1) is 21.0 Å². The van der Waals surface area contributed by atoms with Crippen molar-refractivity contribution in [3.05, 3.63) is 104 Å². The number of nitro groups is 1. The van der Waals surface area contributed by atoms with Crippen LogP contribution in [0.2, 0.25) is 0 Å². The summed E-state index contributed by atoms with van der Waals surface area (Å²) >= 11 is 3.42. The number of hydrogen-bond acceptors (Lipinski definition) is 4. The minimum Gasteiger partial charge on any atom is -0.488 e. The van der Waals surface area contributed by atoms with Gasteiger partial charge in [0, 0.05) is 17.7 Å². The molecule has 0 saturated heterocycles. The molecule has 0 fully saturated rings. The summed E-state index contributed by atoms with van der Waals surface area (Å²) in [5, 5.41) is 20.4. The number of halogens is 2. The maximum atomic E-state index is 13.7. The van der Waals surface area contributed by atoms with Crippen LogP contribution in [0, 0.1) is 27.3 Å². The van der Waals surface area contributed by atoms with Crippen LogP contribution in [0.5, 0.6) is 5.75 Å². The minimum atomic E-state index is -0.503. The smallest absolute Gasteiger partial charge is 0.270 e. The van der Waals surface area contributed by atoms with E-state index in [1.807, 2.05) is 0 Å². The lowest BCUT2D eigenvalue weighted by molar-refractivity contribution is -0.384. The van der Waals surface area contributed by atoms with Crippen LogP contribution in [0.3, 0.4) is 0 Å². The number of nitrogens with zero attached hydrogens (tertiary/aromatic N) is 2. The lowest BCUT2D eigenvalue weighted by Gasteiger charge is -2.10. The first-order valence-corrected chi connectivity index (χ1v) is 9.29. The lowest BCUT2D eigenvalue weighted by Crippen LogP contribution is -1.98. The molecule has 0 radical (unpaired) electrons. The van der Waals surface area contributed by atoms with Crippen LogP contribution >= 0.6 is 15.9 Å². The molecule has 3 aromatic carbocycles. The van der Waals surface area contributed by atoms with Crippen molar-refractivity contribution in [2.45, 2.75) is 6.61 Å². The Morgan fingerprint density at radius 3 is 2.66 bits per heavy atom. The number of benzene rings is 3. The number of nitro benzene ring substituents is 1. The van der Waals surface area contributed by atoms with Gasteiger partial charge in [-0.2, -0.15) is 5.26 Å². The predicted molar refractivity (Wildman–Crippen MR) is 111 cm³/mol. The van der Waals surface area contributed by atoms with Crippen LogP contribution in [-0.4, -0.2) is 4.92 Å². The van der Waals surface area contributed by atoms with Crippen molar-refractivity contribution in [3.8, 4) is 11.8 Å². The van der Waals surface area contributed by atoms with Crippen LogP contribution < -0.4 is 4.74 Å². The molecule has 0 aliphatic carbocycles. The predicted octanol–water partition coefficient (Wildman–Crippen LogP) is 6.14. The Morgan fingerprint density at radius 2 is 1.97 bits per heavy atom. The maximum Gasteiger partial charge on any atom is 0.270 e. The van der Waals surface area contributed by atoms with Crippen LogP contribution in [0.25, 0.3) is 11.6 Å². The number of nitriles is 1. The molecule has 0 saturated carbocycles. The quantitative estimate of drug-likeness (QED) is 0.195. The average molecular weight is 453 g/mol. The Bertz CT molecular complexity index is 1140. The van der Waals surface area contributed by atoms with Gasteiger partial charge in [0.1, 0.15) is 18.2 Å². The minimum absolute atomic E-state index is 0.0809. The van der Waals surface area contributed by atoms with E-state index in [0.717, 1.165) is 0 Å². The van der Waals surface area contributed by atoms with E-state index in [4.69, 9.17) is 4.74 Å². The highest BCUT2D eigenvalue weighted by Crippen LogP contribution is 2.29. The molecule has 0 aliphatic rings. The van der Waals surface area contributed by atoms with E-state index in [2.05, 4.69) is 22.0 Å². The van der Waals surface area contributed by atoms with Crippen molar-refractivity contribution in [1.82, 2.24) is 0 Å². The molecule has 7 heteroatoms. The second-order valence-corrected chi connectivity index (χ2v) is 6.90. The maximum absolute atomic E-state index is 13.7. The molecule has 0 aromatic heterocycles. The number of allylic oxidation sites excluding steroid dienone is 1. The first-order valence-electron chi connectivity index (χ1n) is 8.50.